The lowest BCUT2D eigenvalue weighted by Crippen LogP contribution is -2.32. The number of hydrogen-bond donors (Lipinski definition) is 1. The van der Waals surface area contributed by atoms with Crippen LogP contribution in [0.25, 0.3) is 0 Å². The maximum atomic E-state index is 11.1. The normalized spacial score (nSPS) is 24.6. The Labute approximate surface area is 107 Å². The van der Waals surface area contributed by atoms with Crippen LogP contribution in [0.2, 0.25) is 0 Å². The number of aromatic nitrogens is 2. The van der Waals surface area contributed by atoms with Crippen molar-refractivity contribution in [3.63, 3.8) is 0 Å². The van der Waals surface area contributed by atoms with Gasteiger partial charge in [-0.25, -0.2) is 0 Å². The van der Waals surface area contributed by atoms with Gasteiger partial charge in [0.25, 0.3) is 0 Å². The Morgan fingerprint density at radius 1 is 1.61 bits per heavy atom. The second-order valence-corrected chi connectivity index (χ2v) is 5.06. The van der Waals surface area contributed by atoms with Gasteiger partial charge in [0.1, 0.15) is 0 Å². The SMILES string of the molecule is CCCn1cc(CN2CCC(C(=O)O)C2C)cn1. The Morgan fingerprint density at radius 2 is 2.39 bits per heavy atom. The van der Waals surface area contributed by atoms with E-state index >= 15 is 0 Å². The standard InChI is InChI=1S/C13H21N3O2/c1-3-5-16-9-11(7-14-16)8-15-6-4-12(10(15)2)13(17)18/h7,9-10,12H,3-6,8H2,1-2H3,(H,17,18). The summed E-state index contributed by atoms with van der Waals surface area (Å²) in [7, 11) is 0. The number of aliphatic carboxylic acids is 1. The van der Waals surface area contributed by atoms with Crippen LogP contribution in [0, 0.1) is 5.92 Å². The zero-order chi connectivity index (χ0) is 13.1. The quantitative estimate of drug-likeness (QED) is 0.863. The average molecular weight is 251 g/mol. The van der Waals surface area contributed by atoms with Gasteiger partial charge in [0.05, 0.1) is 12.1 Å². The van der Waals surface area contributed by atoms with Gasteiger partial charge in [-0.05, 0) is 26.3 Å². The van der Waals surface area contributed by atoms with E-state index in [0.717, 1.165) is 32.5 Å². The largest absolute Gasteiger partial charge is 0.481 e. The van der Waals surface area contributed by atoms with Crippen molar-refractivity contribution in [2.24, 2.45) is 5.92 Å². The summed E-state index contributed by atoms with van der Waals surface area (Å²) in [5, 5.41) is 13.4. The van der Waals surface area contributed by atoms with Crippen molar-refractivity contribution < 1.29 is 9.90 Å². The van der Waals surface area contributed by atoms with Crippen molar-refractivity contribution in [2.45, 2.75) is 45.8 Å². The second kappa shape index (κ2) is 5.52. The molecular formula is C13H21N3O2. The third-order valence-corrected chi connectivity index (χ3v) is 3.73. The minimum absolute atomic E-state index is 0.108. The van der Waals surface area contributed by atoms with Gasteiger partial charge in [0.2, 0.25) is 0 Å². The third kappa shape index (κ3) is 2.72. The van der Waals surface area contributed by atoms with Crippen molar-refractivity contribution >= 4 is 5.97 Å². The fourth-order valence-corrected chi connectivity index (χ4v) is 2.63. The van der Waals surface area contributed by atoms with E-state index in [-0.39, 0.29) is 12.0 Å². The van der Waals surface area contributed by atoms with E-state index in [1.807, 2.05) is 17.8 Å². The molecule has 0 aliphatic carbocycles. The summed E-state index contributed by atoms with van der Waals surface area (Å²) in [6.07, 6.45) is 5.77. The number of nitrogens with zero attached hydrogens (tertiary/aromatic N) is 3. The first kappa shape index (κ1) is 13.1. The lowest BCUT2D eigenvalue weighted by Gasteiger charge is -2.22. The first-order valence-corrected chi connectivity index (χ1v) is 6.60. The van der Waals surface area contributed by atoms with Crippen LogP contribution >= 0.6 is 0 Å². The molecule has 18 heavy (non-hydrogen) atoms. The Hall–Kier alpha value is -1.36. The molecule has 0 saturated carbocycles. The molecule has 1 aromatic rings. The summed E-state index contributed by atoms with van der Waals surface area (Å²) < 4.78 is 1.95. The number of rotatable bonds is 5. The predicted molar refractivity (Wildman–Crippen MR) is 68.1 cm³/mol. The number of hydrogen-bond acceptors (Lipinski definition) is 3. The van der Waals surface area contributed by atoms with E-state index < -0.39 is 5.97 Å². The molecule has 5 heteroatoms. The maximum Gasteiger partial charge on any atom is 0.308 e. The lowest BCUT2D eigenvalue weighted by molar-refractivity contribution is -0.142. The molecule has 1 aliphatic heterocycles. The molecular weight excluding hydrogens is 230 g/mol. The van der Waals surface area contributed by atoms with E-state index in [2.05, 4.69) is 23.1 Å². The van der Waals surface area contributed by atoms with Crippen LogP contribution in [-0.4, -0.2) is 38.3 Å². The van der Waals surface area contributed by atoms with Gasteiger partial charge in [-0.1, -0.05) is 6.92 Å². The lowest BCUT2D eigenvalue weighted by atomic mass is 10.0. The van der Waals surface area contributed by atoms with Crippen molar-refractivity contribution in [1.29, 1.82) is 0 Å². The minimum Gasteiger partial charge on any atom is -0.481 e. The molecule has 2 unspecified atom stereocenters. The molecule has 1 fully saturated rings. The van der Waals surface area contributed by atoms with E-state index in [1.54, 1.807) is 0 Å². The molecule has 1 N–H and O–H groups in total. The molecule has 0 radical (unpaired) electrons. The van der Waals surface area contributed by atoms with Gasteiger partial charge in [0, 0.05) is 30.9 Å². The zero-order valence-electron chi connectivity index (χ0n) is 11.0. The number of carboxylic acid groups (broad SMARTS) is 1. The molecule has 0 spiro atoms. The fourth-order valence-electron chi connectivity index (χ4n) is 2.63. The van der Waals surface area contributed by atoms with Gasteiger partial charge in [0.15, 0.2) is 0 Å². The van der Waals surface area contributed by atoms with Crippen molar-refractivity contribution in [2.75, 3.05) is 6.54 Å². The average Bonchev–Trinajstić information content (AvgIpc) is 2.89. The zero-order valence-corrected chi connectivity index (χ0v) is 11.0. The summed E-state index contributed by atoms with van der Waals surface area (Å²) in [6.45, 7) is 6.72. The van der Waals surface area contributed by atoms with Gasteiger partial charge >= 0.3 is 5.97 Å². The van der Waals surface area contributed by atoms with E-state index in [0.29, 0.717) is 0 Å². The number of aryl methyl sites for hydroxylation is 1. The Balaban J connectivity index is 1.95. The highest BCUT2D eigenvalue weighted by Gasteiger charge is 2.35. The summed E-state index contributed by atoms with van der Waals surface area (Å²) in [5.74, 6) is -0.901. The van der Waals surface area contributed by atoms with E-state index in [9.17, 15) is 4.79 Å². The minimum atomic E-state index is -0.674. The Bertz CT molecular complexity index is 416. The summed E-state index contributed by atoms with van der Waals surface area (Å²) in [4.78, 5) is 13.3. The molecule has 2 atom stereocenters. The van der Waals surface area contributed by atoms with Crippen LogP contribution in [0.3, 0.4) is 0 Å². The predicted octanol–water partition coefficient (Wildman–Crippen LogP) is 1.59. The summed E-state index contributed by atoms with van der Waals surface area (Å²) in [6, 6.07) is 0.108. The number of carboxylic acids is 1. The fraction of sp³-hybridized carbons (Fsp3) is 0.692. The topological polar surface area (TPSA) is 58.4 Å². The van der Waals surface area contributed by atoms with Gasteiger partial charge in [-0.3, -0.25) is 14.4 Å². The van der Waals surface area contributed by atoms with E-state index in [4.69, 9.17) is 5.11 Å². The molecule has 2 heterocycles. The molecule has 1 aliphatic rings. The summed E-state index contributed by atoms with van der Waals surface area (Å²) in [5.41, 5.74) is 1.17. The molecule has 0 aromatic carbocycles. The molecule has 1 saturated heterocycles. The van der Waals surface area contributed by atoms with Crippen LogP contribution in [0.4, 0.5) is 0 Å². The van der Waals surface area contributed by atoms with Gasteiger partial charge in [-0.2, -0.15) is 5.10 Å². The first-order chi connectivity index (χ1) is 8.61. The van der Waals surface area contributed by atoms with Crippen molar-refractivity contribution in [3.8, 4) is 0 Å². The first-order valence-electron chi connectivity index (χ1n) is 6.60. The van der Waals surface area contributed by atoms with Crippen LogP contribution in [-0.2, 0) is 17.9 Å². The van der Waals surface area contributed by atoms with Gasteiger partial charge < -0.3 is 5.11 Å². The maximum absolute atomic E-state index is 11.1. The third-order valence-electron chi connectivity index (χ3n) is 3.73. The van der Waals surface area contributed by atoms with Crippen molar-refractivity contribution in [3.05, 3.63) is 18.0 Å². The number of likely N-dealkylation sites (tertiary alicyclic amines) is 1. The summed E-state index contributed by atoms with van der Waals surface area (Å²) >= 11 is 0. The Morgan fingerprint density at radius 3 is 3.00 bits per heavy atom. The molecule has 5 nitrogen and oxygen atoms in total. The molecule has 0 amide bonds. The van der Waals surface area contributed by atoms with Gasteiger partial charge in [-0.15, -0.1) is 0 Å². The Kier molecular flexibility index (Phi) is 4.01. The van der Waals surface area contributed by atoms with E-state index in [1.165, 1.54) is 5.56 Å². The monoisotopic (exact) mass is 251 g/mol. The smallest absolute Gasteiger partial charge is 0.308 e. The van der Waals surface area contributed by atoms with Crippen LogP contribution in [0.5, 0.6) is 0 Å². The highest BCUT2D eigenvalue weighted by atomic mass is 16.4. The van der Waals surface area contributed by atoms with Crippen LogP contribution < -0.4 is 0 Å². The number of carbonyl (C=O) groups is 1. The van der Waals surface area contributed by atoms with Crippen LogP contribution in [0.15, 0.2) is 12.4 Å². The van der Waals surface area contributed by atoms with Crippen LogP contribution in [0.1, 0.15) is 32.3 Å². The highest BCUT2D eigenvalue weighted by molar-refractivity contribution is 5.71. The molecule has 100 valence electrons. The second-order valence-electron chi connectivity index (χ2n) is 5.06. The highest BCUT2D eigenvalue weighted by Crippen LogP contribution is 2.25. The molecule has 2 rings (SSSR count). The van der Waals surface area contributed by atoms with Crippen molar-refractivity contribution in [1.82, 2.24) is 14.7 Å². The molecule has 0 bridgehead atoms. The molecule has 1 aromatic heterocycles.